The van der Waals surface area contributed by atoms with Crippen LogP contribution in [0.4, 0.5) is 5.69 Å². The van der Waals surface area contributed by atoms with E-state index in [-0.39, 0.29) is 21.8 Å². The van der Waals surface area contributed by atoms with Gasteiger partial charge in [-0.3, -0.25) is 4.90 Å². The Morgan fingerprint density at radius 3 is 2.00 bits per heavy atom. The second kappa shape index (κ2) is 8.47. The molecule has 0 aromatic heterocycles. The largest absolute Gasteiger partial charge is 0.369 e. The lowest BCUT2D eigenvalue weighted by molar-refractivity contribution is 0.201. The van der Waals surface area contributed by atoms with Crippen LogP contribution in [0.2, 0.25) is 0 Å². The Labute approximate surface area is 192 Å². The number of rotatable bonds is 4. The van der Waals surface area contributed by atoms with Gasteiger partial charge in [-0.2, -0.15) is 0 Å². The van der Waals surface area contributed by atoms with Crippen molar-refractivity contribution in [1.29, 1.82) is 0 Å². The third kappa shape index (κ3) is 4.72. The molecule has 2 aromatic rings. The molecule has 0 unspecified atom stereocenters. The second-order valence-corrected chi connectivity index (χ2v) is 14.2. The topological polar surface area (TPSA) is 74.8 Å². The van der Waals surface area contributed by atoms with Crippen LogP contribution in [0.5, 0.6) is 0 Å². The zero-order chi connectivity index (χ0) is 23.1. The van der Waals surface area contributed by atoms with Gasteiger partial charge in [-0.25, -0.2) is 16.8 Å². The first kappa shape index (κ1) is 23.3. The third-order valence-corrected chi connectivity index (χ3v) is 10.8. The maximum absolute atomic E-state index is 13.5. The van der Waals surface area contributed by atoms with Crippen molar-refractivity contribution in [1.82, 2.24) is 4.90 Å². The molecule has 2 atom stereocenters. The fourth-order valence-corrected chi connectivity index (χ4v) is 9.53. The molecular weight excluding hydrogens is 444 g/mol. The molecule has 4 rings (SSSR count). The first-order valence-electron chi connectivity index (χ1n) is 11.1. The van der Waals surface area contributed by atoms with Gasteiger partial charge in [0.05, 0.1) is 21.7 Å². The minimum atomic E-state index is -3.77. The van der Waals surface area contributed by atoms with Crippen LogP contribution in [0.15, 0.2) is 59.5 Å². The summed E-state index contributed by atoms with van der Waals surface area (Å²) >= 11 is 0. The molecule has 6 nitrogen and oxygen atoms in total. The molecule has 32 heavy (non-hydrogen) atoms. The van der Waals surface area contributed by atoms with Crippen LogP contribution in [0, 0.1) is 0 Å². The predicted octanol–water partition coefficient (Wildman–Crippen LogP) is 2.75. The molecule has 2 aliphatic heterocycles. The first-order chi connectivity index (χ1) is 15.0. The molecule has 8 heteroatoms. The van der Waals surface area contributed by atoms with Gasteiger partial charge in [0.25, 0.3) is 0 Å². The maximum Gasteiger partial charge on any atom is 0.183 e. The first-order valence-corrected chi connectivity index (χ1v) is 14.4. The van der Waals surface area contributed by atoms with Gasteiger partial charge in [0.1, 0.15) is 0 Å². The molecule has 2 aliphatic rings. The number of para-hydroxylation sites is 1. The summed E-state index contributed by atoms with van der Waals surface area (Å²) in [5, 5.41) is -0.934. The minimum absolute atomic E-state index is 0.0834. The average Bonchev–Trinajstić information content (AvgIpc) is 3.10. The van der Waals surface area contributed by atoms with Crippen molar-refractivity contribution in [2.24, 2.45) is 0 Å². The zero-order valence-electron chi connectivity index (χ0n) is 18.9. The number of anilines is 1. The predicted molar refractivity (Wildman–Crippen MR) is 129 cm³/mol. The highest BCUT2D eigenvalue weighted by Gasteiger charge is 2.48. The summed E-state index contributed by atoms with van der Waals surface area (Å²) in [6, 6.07) is 16.5. The van der Waals surface area contributed by atoms with Crippen molar-refractivity contribution in [2.45, 2.75) is 42.4 Å². The van der Waals surface area contributed by atoms with E-state index in [0.717, 1.165) is 24.3 Å². The van der Waals surface area contributed by atoms with Crippen LogP contribution >= 0.6 is 0 Å². The summed E-state index contributed by atoms with van der Waals surface area (Å²) < 4.78 is 52.1. The molecule has 0 bridgehead atoms. The van der Waals surface area contributed by atoms with Crippen LogP contribution in [0.3, 0.4) is 0 Å². The zero-order valence-corrected chi connectivity index (χ0v) is 20.6. The maximum atomic E-state index is 13.5. The van der Waals surface area contributed by atoms with E-state index in [1.807, 2.05) is 30.3 Å². The number of benzene rings is 2. The Morgan fingerprint density at radius 1 is 0.844 bits per heavy atom. The highest BCUT2D eigenvalue weighted by atomic mass is 32.2. The van der Waals surface area contributed by atoms with E-state index in [4.69, 9.17) is 0 Å². The number of hydrogen-bond donors (Lipinski definition) is 0. The smallest absolute Gasteiger partial charge is 0.183 e. The van der Waals surface area contributed by atoms with Gasteiger partial charge >= 0.3 is 0 Å². The van der Waals surface area contributed by atoms with Crippen molar-refractivity contribution < 1.29 is 16.8 Å². The minimum Gasteiger partial charge on any atom is -0.369 e. The lowest BCUT2D eigenvalue weighted by atomic mass is 9.87. The van der Waals surface area contributed by atoms with Gasteiger partial charge in [0.2, 0.25) is 0 Å². The molecule has 0 N–H and O–H groups in total. The quantitative estimate of drug-likeness (QED) is 0.676. The molecule has 0 radical (unpaired) electrons. The van der Waals surface area contributed by atoms with Crippen molar-refractivity contribution in [3.05, 3.63) is 60.2 Å². The highest BCUT2D eigenvalue weighted by Crippen LogP contribution is 2.31. The third-order valence-electron chi connectivity index (χ3n) is 6.62. The van der Waals surface area contributed by atoms with E-state index < -0.39 is 31.0 Å². The molecule has 174 valence electrons. The number of hydrogen-bond acceptors (Lipinski definition) is 6. The van der Waals surface area contributed by atoms with E-state index in [0.29, 0.717) is 13.1 Å². The highest BCUT2D eigenvalue weighted by molar-refractivity contribution is 7.96. The molecule has 0 aliphatic carbocycles. The fourth-order valence-electron chi connectivity index (χ4n) is 4.70. The van der Waals surface area contributed by atoms with Gasteiger partial charge in [-0.1, -0.05) is 51.1 Å². The van der Waals surface area contributed by atoms with Crippen LogP contribution in [0.25, 0.3) is 0 Å². The van der Waals surface area contributed by atoms with E-state index in [1.54, 1.807) is 12.1 Å². The summed E-state index contributed by atoms with van der Waals surface area (Å²) in [5.41, 5.74) is 2.10. The summed E-state index contributed by atoms with van der Waals surface area (Å²) in [7, 11) is -7.19. The fraction of sp³-hybridized carbons (Fsp3) is 0.500. The van der Waals surface area contributed by atoms with E-state index in [1.165, 1.54) is 0 Å². The van der Waals surface area contributed by atoms with Crippen LogP contribution in [-0.2, 0) is 25.1 Å². The van der Waals surface area contributed by atoms with Crippen molar-refractivity contribution in [3.8, 4) is 0 Å². The molecule has 2 saturated heterocycles. The van der Waals surface area contributed by atoms with E-state index >= 15 is 0 Å². The summed E-state index contributed by atoms with van der Waals surface area (Å²) in [6.07, 6.45) is 0. The molecular formula is C24H32N2O4S2. The molecule has 2 heterocycles. The Kier molecular flexibility index (Phi) is 6.15. The standard InChI is InChI=1S/C24H32N2O4S2/c1-24(2,3)19-9-11-21(12-10-19)32(29,30)23-18-31(27,28)17-22(23)26-15-13-25(14-16-26)20-7-5-4-6-8-20/h4-12,22-23H,13-18H2,1-3H3/t22-,23-/m0/s1. The molecule has 2 fully saturated rings. The van der Waals surface area contributed by atoms with E-state index in [9.17, 15) is 16.8 Å². The van der Waals surface area contributed by atoms with Crippen molar-refractivity contribution >= 4 is 25.4 Å². The van der Waals surface area contributed by atoms with Crippen molar-refractivity contribution in [3.63, 3.8) is 0 Å². The van der Waals surface area contributed by atoms with Gasteiger partial charge in [0, 0.05) is 37.9 Å². The lowest BCUT2D eigenvalue weighted by Crippen LogP contribution is -2.55. The Bertz CT molecular complexity index is 1150. The number of sulfone groups is 2. The van der Waals surface area contributed by atoms with E-state index in [2.05, 4.69) is 42.7 Å². The Morgan fingerprint density at radius 2 is 1.44 bits per heavy atom. The number of nitrogens with zero attached hydrogens (tertiary/aromatic N) is 2. The lowest BCUT2D eigenvalue weighted by Gasteiger charge is -2.40. The second-order valence-electron chi connectivity index (χ2n) is 9.86. The summed E-state index contributed by atoms with van der Waals surface area (Å²) in [6.45, 7) is 9.00. The molecule has 2 aromatic carbocycles. The van der Waals surface area contributed by atoms with Gasteiger partial charge < -0.3 is 4.90 Å². The molecule has 0 saturated carbocycles. The van der Waals surface area contributed by atoms with Crippen LogP contribution in [0.1, 0.15) is 26.3 Å². The average molecular weight is 477 g/mol. The van der Waals surface area contributed by atoms with Gasteiger partial charge in [-0.15, -0.1) is 0 Å². The summed E-state index contributed by atoms with van der Waals surface area (Å²) in [4.78, 5) is 4.53. The number of piperazine rings is 1. The van der Waals surface area contributed by atoms with Gasteiger partial charge in [0.15, 0.2) is 19.7 Å². The molecule has 0 amide bonds. The Balaban J connectivity index is 1.55. The molecule has 0 spiro atoms. The van der Waals surface area contributed by atoms with Gasteiger partial charge in [-0.05, 0) is 35.2 Å². The van der Waals surface area contributed by atoms with Crippen LogP contribution < -0.4 is 4.90 Å². The van der Waals surface area contributed by atoms with Crippen LogP contribution in [-0.4, -0.2) is 70.7 Å². The normalized spacial score (nSPS) is 24.5. The monoisotopic (exact) mass is 476 g/mol. The van der Waals surface area contributed by atoms with Crippen molar-refractivity contribution in [2.75, 3.05) is 42.6 Å². The summed E-state index contributed by atoms with van der Waals surface area (Å²) in [5.74, 6) is -0.401. The Hall–Kier alpha value is -1.90. The SMILES string of the molecule is CC(C)(C)c1ccc(S(=O)(=O)[C@H]2CS(=O)(=O)C[C@@H]2N2CCN(c3ccccc3)CC2)cc1.